The molecule has 8 heteroatoms. The van der Waals surface area contributed by atoms with Gasteiger partial charge in [-0.2, -0.15) is 13.2 Å². The SMILES string of the molecule is O=C(O)CN(Cc1ccc(C(F)(F)F)cc1)C(=O)CCC1CCOC1. The van der Waals surface area contributed by atoms with Gasteiger partial charge in [0, 0.05) is 26.2 Å². The molecule has 2 rings (SSSR count). The van der Waals surface area contributed by atoms with Crippen molar-refractivity contribution in [2.75, 3.05) is 19.8 Å². The molecule has 5 nitrogen and oxygen atoms in total. The number of hydrogen-bond acceptors (Lipinski definition) is 3. The normalized spacial score (nSPS) is 17.5. The van der Waals surface area contributed by atoms with E-state index in [9.17, 15) is 22.8 Å². The molecule has 1 aliphatic heterocycles. The molecule has 1 aliphatic rings. The number of nitrogens with zero attached hydrogens (tertiary/aromatic N) is 1. The van der Waals surface area contributed by atoms with E-state index in [-0.39, 0.29) is 18.9 Å². The van der Waals surface area contributed by atoms with E-state index in [1.807, 2.05) is 0 Å². The first kappa shape index (κ1) is 19.2. The molecule has 1 fully saturated rings. The summed E-state index contributed by atoms with van der Waals surface area (Å²) in [5.41, 5.74) is -0.333. The van der Waals surface area contributed by atoms with Gasteiger partial charge in [0.1, 0.15) is 6.54 Å². The van der Waals surface area contributed by atoms with Gasteiger partial charge in [0.25, 0.3) is 0 Å². The number of halogens is 3. The zero-order chi connectivity index (χ0) is 18.4. The number of rotatable bonds is 7. The molecule has 0 radical (unpaired) electrons. The lowest BCUT2D eigenvalue weighted by molar-refractivity contribution is -0.145. The summed E-state index contributed by atoms with van der Waals surface area (Å²) in [5.74, 6) is -1.19. The summed E-state index contributed by atoms with van der Waals surface area (Å²) >= 11 is 0. The molecule has 0 aromatic heterocycles. The minimum absolute atomic E-state index is 0.0373. The Morgan fingerprint density at radius 3 is 2.44 bits per heavy atom. The fourth-order valence-electron chi connectivity index (χ4n) is 2.71. The summed E-state index contributed by atoms with van der Waals surface area (Å²) in [6.45, 7) is 0.750. The zero-order valence-corrected chi connectivity index (χ0v) is 13.6. The number of ether oxygens (including phenoxy) is 1. The van der Waals surface area contributed by atoms with Crippen LogP contribution in [0.5, 0.6) is 0 Å². The average Bonchev–Trinajstić information content (AvgIpc) is 3.04. The van der Waals surface area contributed by atoms with Gasteiger partial charge in [-0.3, -0.25) is 9.59 Å². The molecule has 1 aromatic carbocycles. The maximum absolute atomic E-state index is 12.6. The van der Waals surface area contributed by atoms with Crippen LogP contribution in [0.3, 0.4) is 0 Å². The lowest BCUT2D eigenvalue weighted by atomic mass is 10.0. The van der Waals surface area contributed by atoms with Crippen molar-refractivity contribution in [1.29, 1.82) is 0 Å². The van der Waals surface area contributed by atoms with Gasteiger partial charge >= 0.3 is 12.1 Å². The van der Waals surface area contributed by atoms with Gasteiger partial charge in [-0.15, -0.1) is 0 Å². The topological polar surface area (TPSA) is 66.8 Å². The minimum atomic E-state index is -4.43. The van der Waals surface area contributed by atoms with Gasteiger partial charge in [0.2, 0.25) is 5.91 Å². The highest BCUT2D eigenvalue weighted by atomic mass is 19.4. The van der Waals surface area contributed by atoms with Gasteiger partial charge in [-0.25, -0.2) is 0 Å². The quantitative estimate of drug-likeness (QED) is 0.813. The molecule has 1 amide bonds. The van der Waals surface area contributed by atoms with Crippen molar-refractivity contribution in [1.82, 2.24) is 4.90 Å². The summed E-state index contributed by atoms with van der Waals surface area (Å²) in [6, 6.07) is 4.37. The molecule has 0 aliphatic carbocycles. The predicted molar refractivity (Wildman–Crippen MR) is 82.7 cm³/mol. The van der Waals surface area contributed by atoms with E-state index in [4.69, 9.17) is 9.84 Å². The second-order valence-electron chi connectivity index (χ2n) is 6.11. The van der Waals surface area contributed by atoms with Crippen LogP contribution in [0.15, 0.2) is 24.3 Å². The zero-order valence-electron chi connectivity index (χ0n) is 13.6. The molecular formula is C17H20F3NO4. The Balaban J connectivity index is 1.98. The Hall–Kier alpha value is -2.09. The Morgan fingerprint density at radius 1 is 1.24 bits per heavy atom. The average molecular weight is 359 g/mol. The third-order valence-electron chi connectivity index (χ3n) is 4.12. The highest BCUT2D eigenvalue weighted by Crippen LogP contribution is 2.29. The first-order valence-corrected chi connectivity index (χ1v) is 7.99. The number of carboxylic acids is 1. The van der Waals surface area contributed by atoms with E-state index >= 15 is 0 Å². The number of benzene rings is 1. The fourth-order valence-corrected chi connectivity index (χ4v) is 2.71. The van der Waals surface area contributed by atoms with Gasteiger partial charge in [-0.1, -0.05) is 12.1 Å². The van der Waals surface area contributed by atoms with E-state index in [1.165, 1.54) is 12.1 Å². The maximum atomic E-state index is 12.6. The van der Waals surface area contributed by atoms with E-state index in [0.29, 0.717) is 31.1 Å². The van der Waals surface area contributed by atoms with E-state index in [2.05, 4.69) is 0 Å². The van der Waals surface area contributed by atoms with Crippen molar-refractivity contribution in [3.05, 3.63) is 35.4 Å². The molecule has 25 heavy (non-hydrogen) atoms. The molecule has 1 atom stereocenters. The Kier molecular flexibility index (Phi) is 6.41. The first-order chi connectivity index (χ1) is 11.8. The lowest BCUT2D eigenvalue weighted by Crippen LogP contribution is -2.35. The van der Waals surface area contributed by atoms with Crippen LogP contribution in [-0.2, 0) is 27.0 Å². The van der Waals surface area contributed by atoms with Crippen LogP contribution in [0.25, 0.3) is 0 Å². The number of carbonyl (C=O) groups excluding carboxylic acids is 1. The second kappa shape index (κ2) is 8.33. The van der Waals surface area contributed by atoms with Crippen LogP contribution >= 0.6 is 0 Å². The Bertz CT molecular complexity index is 595. The Morgan fingerprint density at radius 2 is 1.92 bits per heavy atom. The van der Waals surface area contributed by atoms with Gasteiger partial charge in [0.05, 0.1) is 5.56 Å². The van der Waals surface area contributed by atoms with Crippen molar-refractivity contribution < 1.29 is 32.6 Å². The van der Waals surface area contributed by atoms with Crippen LogP contribution in [0.1, 0.15) is 30.4 Å². The van der Waals surface area contributed by atoms with Crippen molar-refractivity contribution in [3.8, 4) is 0 Å². The number of aliphatic carboxylic acids is 1. The number of carboxylic acid groups (broad SMARTS) is 1. The third kappa shape index (κ3) is 6.04. The maximum Gasteiger partial charge on any atom is 0.416 e. The number of carbonyl (C=O) groups is 2. The van der Waals surface area contributed by atoms with E-state index < -0.39 is 24.3 Å². The van der Waals surface area contributed by atoms with E-state index in [0.717, 1.165) is 23.5 Å². The van der Waals surface area contributed by atoms with Crippen LogP contribution in [0.4, 0.5) is 13.2 Å². The molecule has 0 bridgehead atoms. The lowest BCUT2D eigenvalue weighted by Gasteiger charge is -2.22. The summed E-state index contributed by atoms with van der Waals surface area (Å²) in [7, 11) is 0. The smallest absolute Gasteiger partial charge is 0.416 e. The molecular weight excluding hydrogens is 339 g/mol. The summed E-state index contributed by atoms with van der Waals surface area (Å²) < 4.78 is 43.0. The van der Waals surface area contributed by atoms with E-state index in [1.54, 1.807) is 0 Å². The molecule has 0 saturated carbocycles. The van der Waals surface area contributed by atoms with Crippen molar-refractivity contribution in [2.24, 2.45) is 5.92 Å². The molecule has 1 N–H and O–H groups in total. The fraction of sp³-hybridized carbons (Fsp3) is 0.529. The summed E-state index contributed by atoms with van der Waals surface area (Å²) in [6.07, 6.45) is -2.74. The minimum Gasteiger partial charge on any atom is -0.480 e. The van der Waals surface area contributed by atoms with Crippen LogP contribution in [-0.4, -0.2) is 41.6 Å². The van der Waals surface area contributed by atoms with Gasteiger partial charge in [-0.05, 0) is 36.5 Å². The van der Waals surface area contributed by atoms with Gasteiger partial charge in [0.15, 0.2) is 0 Å². The Labute approximate surface area is 143 Å². The second-order valence-corrected chi connectivity index (χ2v) is 6.11. The molecule has 0 spiro atoms. The highest BCUT2D eigenvalue weighted by molar-refractivity contribution is 5.81. The first-order valence-electron chi connectivity index (χ1n) is 7.99. The van der Waals surface area contributed by atoms with Crippen LogP contribution < -0.4 is 0 Å². The molecule has 1 aromatic rings. The summed E-state index contributed by atoms with van der Waals surface area (Å²) in [5, 5.41) is 8.98. The highest BCUT2D eigenvalue weighted by Gasteiger charge is 2.30. The van der Waals surface area contributed by atoms with Gasteiger partial charge < -0.3 is 14.7 Å². The van der Waals surface area contributed by atoms with Crippen LogP contribution in [0.2, 0.25) is 0 Å². The molecule has 1 saturated heterocycles. The third-order valence-corrected chi connectivity index (χ3v) is 4.12. The van der Waals surface area contributed by atoms with Crippen molar-refractivity contribution in [3.63, 3.8) is 0 Å². The number of hydrogen-bond donors (Lipinski definition) is 1. The van der Waals surface area contributed by atoms with Crippen molar-refractivity contribution in [2.45, 2.75) is 32.0 Å². The standard InChI is InChI=1S/C17H20F3NO4/c18-17(19,20)14-4-1-12(2-5-14)9-21(10-16(23)24)15(22)6-3-13-7-8-25-11-13/h1-2,4-5,13H,3,6-11H2,(H,23,24). The summed E-state index contributed by atoms with van der Waals surface area (Å²) in [4.78, 5) is 24.4. The molecule has 1 unspecified atom stereocenters. The van der Waals surface area contributed by atoms with Crippen molar-refractivity contribution >= 4 is 11.9 Å². The monoisotopic (exact) mass is 359 g/mol. The predicted octanol–water partition coefficient (Wildman–Crippen LogP) is 2.94. The molecule has 1 heterocycles. The number of amides is 1. The largest absolute Gasteiger partial charge is 0.480 e. The molecule has 138 valence electrons. The number of alkyl halides is 3. The van der Waals surface area contributed by atoms with Crippen LogP contribution in [0, 0.1) is 5.92 Å².